The fraction of sp³-hybridized carbons (Fsp3) is 0.250. The number of carbonyl (C=O) groups is 1. The van der Waals surface area contributed by atoms with Gasteiger partial charge in [-0.2, -0.15) is 0 Å². The number of hydrogen-bond donors (Lipinski definition) is 1. The van der Waals surface area contributed by atoms with E-state index in [9.17, 15) is 9.90 Å². The predicted octanol–water partition coefficient (Wildman–Crippen LogP) is 1.27. The lowest BCUT2D eigenvalue weighted by Crippen LogP contribution is -2.06. The highest BCUT2D eigenvalue weighted by Crippen LogP contribution is 2.19. The molecule has 4 nitrogen and oxygen atoms in total. The van der Waals surface area contributed by atoms with Crippen molar-refractivity contribution >= 4 is 21.9 Å². The molecule has 0 saturated heterocycles. The van der Waals surface area contributed by atoms with E-state index in [4.69, 9.17) is 0 Å². The highest BCUT2D eigenvalue weighted by atomic mass is 79.9. The Labute approximate surface area is 83.7 Å². The highest BCUT2D eigenvalue weighted by molar-refractivity contribution is 9.10. The third-order valence-corrected chi connectivity index (χ3v) is 1.89. The molecular formula is C8H8BrNO3. The van der Waals surface area contributed by atoms with Gasteiger partial charge in [0.1, 0.15) is 5.75 Å². The van der Waals surface area contributed by atoms with Crippen molar-refractivity contribution in [2.24, 2.45) is 0 Å². The number of ether oxygens (including phenoxy) is 1. The molecule has 0 saturated carbocycles. The van der Waals surface area contributed by atoms with Crippen LogP contribution in [0.3, 0.4) is 0 Å². The summed E-state index contributed by atoms with van der Waals surface area (Å²) in [4.78, 5) is 14.7. The van der Waals surface area contributed by atoms with Crippen LogP contribution in [0.15, 0.2) is 16.7 Å². The van der Waals surface area contributed by atoms with Crippen LogP contribution in [0.4, 0.5) is 0 Å². The zero-order chi connectivity index (χ0) is 9.84. The third-order valence-electron chi connectivity index (χ3n) is 1.45. The van der Waals surface area contributed by atoms with Crippen molar-refractivity contribution in [1.82, 2.24) is 4.98 Å². The Kier molecular flexibility index (Phi) is 3.25. The summed E-state index contributed by atoms with van der Waals surface area (Å²) in [5.41, 5.74) is 0.315. The number of aromatic hydroxyl groups is 1. The van der Waals surface area contributed by atoms with Gasteiger partial charge in [-0.15, -0.1) is 0 Å². The smallest absolute Gasteiger partial charge is 0.311 e. The van der Waals surface area contributed by atoms with Crippen molar-refractivity contribution in [2.75, 3.05) is 7.11 Å². The number of rotatable bonds is 2. The van der Waals surface area contributed by atoms with Crippen LogP contribution >= 0.6 is 15.9 Å². The lowest BCUT2D eigenvalue weighted by atomic mass is 10.2. The number of aromatic nitrogens is 1. The van der Waals surface area contributed by atoms with Gasteiger partial charge >= 0.3 is 5.97 Å². The largest absolute Gasteiger partial charge is 0.506 e. The second-order valence-electron chi connectivity index (χ2n) is 2.37. The Hall–Kier alpha value is -1.10. The molecule has 0 unspecified atom stereocenters. The summed E-state index contributed by atoms with van der Waals surface area (Å²) in [6.07, 6.45) is 1.49. The van der Waals surface area contributed by atoms with E-state index in [0.717, 1.165) is 0 Å². The molecule has 0 aromatic carbocycles. The predicted molar refractivity (Wildman–Crippen MR) is 49.3 cm³/mol. The van der Waals surface area contributed by atoms with Crippen molar-refractivity contribution in [3.05, 3.63) is 22.4 Å². The zero-order valence-electron chi connectivity index (χ0n) is 6.95. The van der Waals surface area contributed by atoms with Crippen LogP contribution in [-0.4, -0.2) is 23.2 Å². The first-order valence-corrected chi connectivity index (χ1v) is 4.33. The maximum atomic E-state index is 10.8. The molecule has 13 heavy (non-hydrogen) atoms. The summed E-state index contributed by atoms with van der Waals surface area (Å²) < 4.78 is 5.10. The topological polar surface area (TPSA) is 59.4 Å². The first kappa shape index (κ1) is 9.98. The van der Waals surface area contributed by atoms with E-state index in [-0.39, 0.29) is 12.2 Å². The first-order valence-electron chi connectivity index (χ1n) is 3.53. The minimum absolute atomic E-state index is 0.0141. The van der Waals surface area contributed by atoms with Gasteiger partial charge < -0.3 is 9.84 Å². The lowest BCUT2D eigenvalue weighted by Gasteiger charge is -2.01. The third kappa shape index (κ3) is 2.69. The van der Waals surface area contributed by atoms with Gasteiger partial charge in [-0.1, -0.05) is 0 Å². The Balaban J connectivity index is 2.83. The van der Waals surface area contributed by atoms with Crippen LogP contribution in [0.1, 0.15) is 5.69 Å². The molecule has 70 valence electrons. The molecule has 0 fully saturated rings. The minimum Gasteiger partial charge on any atom is -0.506 e. The number of esters is 1. The molecule has 0 bridgehead atoms. The van der Waals surface area contributed by atoms with Crippen LogP contribution in [0.25, 0.3) is 0 Å². The number of methoxy groups -OCH3 is 1. The summed E-state index contributed by atoms with van der Waals surface area (Å²) in [5, 5.41) is 9.34. The summed E-state index contributed by atoms with van der Waals surface area (Å²) >= 11 is 3.14. The Bertz CT molecular complexity index is 327. The SMILES string of the molecule is COC(=O)Cc1ncc(Br)cc1O. The fourth-order valence-electron chi connectivity index (χ4n) is 0.802. The van der Waals surface area contributed by atoms with Crippen LogP contribution in [0.5, 0.6) is 5.75 Å². The van der Waals surface area contributed by atoms with Gasteiger partial charge in [0.25, 0.3) is 0 Å². The van der Waals surface area contributed by atoms with Crippen molar-refractivity contribution in [2.45, 2.75) is 6.42 Å². The average Bonchev–Trinajstić information content (AvgIpc) is 2.09. The van der Waals surface area contributed by atoms with Crippen LogP contribution in [-0.2, 0) is 16.0 Å². The van der Waals surface area contributed by atoms with Gasteiger partial charge in [-0.05, 0) is 22.0 Å². The summed E-state index contributed by atoms with van der Waals surface area (Å²) in [6.45, 7) is 0. The number of carbonyl (C=O) groups excluding carboxylic acids is 1. The molecule has 1 aromatic rings. The molecule has 1 aromatic heterocycles. The van der Waals surface area contributed by atoms with Gasteiger partial charge in [0.15, 0.2) is 0 Å². The van der Waals surface area contributed by atoms with E-state index in [0.29, 0.717) is 10.2 Å². The summed E-state index contributed by atoms with van der Waals surface area (Å²) in [5.74, 6) is -0.440. The van der Waals surface area contributed by atoms with Gasteiger partial charge in [-0.3, -0.25) is 9.78 Å². The van der Waals surface area contributed by atoms with E-state index < -0.39 is 5.97 Å². The number of hydrogen-bond acceptors (Lipinski definition) is 4. The number of pyridine rings is 1. The fourth-order valence-corrected chi connectivity index (χ4v) is 1.12. The molecule has 0 spiro atoms. The monoisotopic (exact) mass is 245 g/mol. The summed E-state index contributed by atoms with van der Waals surface area (Å²) in [7, 11) is 1.29. The molecular weight excluding hydrogens is 238 g/mol. The highest BCUT2D eigenvalue weighted by Gasteiger charge is 2.08. The maximum absolute atomic E-state index is 10.8. The van der Waals surface area contributed by atoms with Crippen molar-refractivity contribution in [1.29, 1.82) is 0 Å². The quantitative estimate of drug-likeness (QED) is 0.798. The van der Waals surface area contributed by atoms with Crippen LogP contribution in [0.2, 0.25) is 0 Å². The Morgan fingerprint density at radius 1 is 1.77 bits per heavy atom. The summed E-state index contributed by atoms with van der Waals surface area (Å²) in [6, 6.07) is 1.48. The molecule has 1 heterocycles. The van der Waals surface area contributed by atoms with E-state index in [1.165, 1.54) is 19.4 Å². The van der Waals surface area contributed by atoms with Crippen LogP contribution < -0.4 is 0 Å². The number of halogens is 1. The van der Waals surface area contributed by atoms with Gasteiger partial charge in [0.05, 0.1) is 19.2 Å². The van der Waals surface area contributed by atoms with E-state index in [1.54, 1.807) is 0 Å². The van der Waals surface area contributed by atoms with E-state index >= 15 is 0 Å². The van der Waals surface area contributed by atoms with Gasteiger partial charge in [-0.25, -0.2) is 0 Å². The van der Waals surface area contributed by atoms with Crippen molar-refractivity contribution in [3.63, 3.8) is 0 Å². The second-order valence-corrected chi connectivity index (χ2v) is 3.29. The van der Waals surface area contributed by atoms with Crippen molar-refractivity contribution < 1.29 is 14.6 Å². The molecule has 0 aliphatic rings. The normalized spacial score (nSPS) is 9.69. The zero-order valence-corrected chi connectivity index (χ0v) is 8.54. The molecule has 0 amide bonds. The standard InChI is InChI=1S/C8H8BrNO3/c1-13-8(12)3-6-7(11)2-5(9)4-10-6/h2,4,11H,3H2,1H3. The minimum atomic E-state index is -0.426. The average molecular weight is 246 g/mol. The van der Waals surface area contributed by atoms with Gasteiger partial charge in [0.2, 0.25) is 0 Å². The number of nitrogens with zero attached hydrogens (tertiary/aromatic N) is 1. The molecule has 5 heteroatoms. The van der Waals surface area contributed by atoms with Crippen molar-refractivity contribution in [3.8, 4) is 5.75 Å². The molecule has 0 aliphatic carbocycles. The lowest BCUT2D eigenvalue weighted by molar-refractivity contribution is -0.139. The van der Waals surface area contributed by atoms with Gasteiger partial charge in [0, 0.05) is 10.7 Å². The Morgan fingerprint density at radius 2 is 2.46 bits per heavy atom. The Morgan fingerprint density at radius 3 is 3.00 bits per heavy atom. The van der Waals surface area contributed by atoms with E-state index in [2.05, 4.69) is 25.7 Å². The molecule has 0 aliphatic heterocycles. The molecule has 1 N–H and O–H groups in total. The molecule has 0 atom stereocenters. The maximum Gasteiger partial charge on any atom is 0.311 e. The first-order chi connectivity index (χ1) is 6.13. The van der Waals surface area contributed by atoms with E-state index in [1.807, 2.05) is 0 Å². The molecule has 0 radical (unpaired) electrons. The molecule has 1 rings (SSSR count). The second kappa shape index (κ2) is 4.23. The van der Waals surface area contributed by atoms with Crippen LogP contribution in [0, 0.1) is 0 Å².